The summed E-state index contributed by atoms with van der Waals surface area (Å²) < 4.78 is 37.6. The number of ether oxygens (including phenoxy) is 1. The van der Waals surface area contributed by atoms with Gasteiger partial charge >= 0.3 is 0 Å². The highest BCUT2D eigenvalue weighted by atomic mass is 19.1. The lowest BCUT2D eigenvalue weighted by Crippen LogP contribution is -1.96. The van der Waals surface area contributed by atoms with Crippen LogP contribution >= 0.6 is 0 Å². The summed E-state index contributed by atoms with van der Waals surface area (Å²) in [6, 6.07) is 1.90. The molecule has 0 atom stereocenters. The van der Waals surface area contributed by atoms with Crippen LogP contribution in [0.4, 0.5) is 14.8 Å². The SMILES string of the molecule is COc1cc(F)c(-c2oc(N)nc2C(C)C)cc1F. The Kier molecular flexibility index (Phi) is 3.42. The molecule has 0 radical (unpaired) electrons. The Bertz CT molecular complexity index is 609. The van der Waals surface area contributed by atoms with Crippen molar-refractivity contribution in [1.82, 2.24) is 4.98 Å². The van der Waals surface area contributed by atoms with Gasteiger partial charge in [-0.2, -0.15) is 4.98 Å². The molecule has 0 bridgehead atoms. The Labute approximate surface area is 109 Å². The van der Waals surface area contributed by atoms with Crippen LogP contribution in [0.1, 0.15) is 25.5 Å². The summed E-state index contributed by atoms with van der Waals surface area (Å²) in [4.78, 5) is 3.99. The standard InChI is InChI=1S/C13H14F2N2O2/c1-6(2)11-12(19-13(16)17-11)7-4-9(15)10(18-3)5-8(7)14/h4-6H,1-3H3,(H2,16,17). The van der Waals surface area contributed by atoms with Crippen LogP contribution < -0.4 is 10.5 Å². The first-order valence-corrected chi connectivity index (χ1v) is 5.73. The van der Waals surface area contributed by atoms with Crippen molar-refractivity contribution in [2.24, 2.45) is 0 Å². The van der Waals surface area contributed by atoms with Crippen LogP contribution in [0.3, 0.4) is 0 Å². The highest BCUT2D eigenvalue weighted by Gasteiger charge is 2.21. The van der Waals surface area contributed by atoms with Crippen molar-refractivity contribution < 1.29 is 17.9 Å². The van der Waals surface area contributed by atoms with Crippen LogP contribution in [-0.4, -0.2) is 12.1 Å². The summed E-state index contributed by atoms with van der Waals surface area (Å²) in [5.74, 6) is -1.38. The molecule has 0 aliphatic rings. The molecule has 0 fully saturated rings. The number of rotatable bonds is 3. The minimum Gasteiger partial charge on any atom is -0.494 e. The number of hydrogen-bond donors (Lipinski definition) is 1. The number of nitrogens with zero attached hydrogens (tertiary/aromatic N) is 1. The highest BCUT2D eigenvalue weighted by molar-refractivity contribution is 5.63. The second-order valence-electron chi connectivity index (χ2n) is 4.39. The maximum atomic E-state index is 14.0. The first kappa shape index (κ1) is 13.3. The molecule has 102 valence electrons. The summed E-state index contributed by atoms with van der Waals surface area (Å²) in [6.07, 6.45) is 0. The van der Waals surface area contributed by atoms with E-state index in [4.69, 9.17) is 14.9 Å². The lowest BCUT2D eigenvalue weighted by molar-refractivity contribution is 0.383. The molecule has 0 unspecified atom stereocenters. The largest absolute Gasteiger partial charge is 0.494 e. The molecular weight excluding hydrogens is 254 g/mol. The van der Waals surface area contributed by atoms with Gasteiger partial charge < -0.3 is 14.9 Å². The number of nitrogens with two attached hydrogens (primary N) is 1. The predicted octanol–water partition coefficient (Wildman–Crippen LogP) is 3.33. The zero-order valence-corrected chi connectivity index (χ0v) is 10.8. The van der Waals surface area contributed by atoms with Crippen molar-refractivity contribution in [3.05, 3.63) is 29.5 Å². The van der Waals surface area contributed by atoms with Crippen molar-refractivity contribution >= 4 is 6.01 Å². The normalized spacial score (nSPS) is 11.1. The molecule has 1 heterocycles. The molecule has 0 spiro atoms. The third-order valence-electron chi connectivity index (χ3n) is 2.70. The van der Waals surface area contributed by atoms with Crippen LogP contribution in [0.5, 0.6) is 5.75 Å². The quantitative estimate of drug-likeness (QED) is 0.927. The average molecular weight is 268 g/mol. The van der Waals surface area contributed by atoms with Crippen molar-refractivity contribution in [2.75, 3.05) is 12.8 Å². The van der Waals surface area contributed by atoms with E-state index in [0.717, 1.165) is 12.1 Å². The zero-order chi connectivity index (χ0) is 14.2. The summed E-state index contributed by atoms with van der Waals surface area (Å²) in [5.41, 5.74) is 5.95. The lowest BCUT2D eigenvalue weighted by atomic mass is 10.0. The number of oxazole rings is 1. The first-order chi connectivity index (χ1) is 8.93. The van der Waals surface area contributed by atoms with E-state index in [1.807, 2.05) is 13.8 Å². The number of nitrogen functional groups attached to an aromatic ring is 1. The summed E-state index contributed by atoms with van der Waals surface area (Å²) >= 11 is 0. The smallest absolute Gasteiger partial charge is 0.292 e. The van der Waals surface area contributed by atoms with E-state index in [1.165, 1.54) is 7.11 Å². The maximum Gasteiger partial charge on any atom is 0.292 e. The molecule has 0 aliphatic carbocycles. The van der Waals surface area contributed by atoms with E-state index in [1.54, 1.807) is 0 Å². The maximum absolute atomic E-state index is 14.0. The Morgan fingerprint density at radius 2 is 1.95 bits per heavy atom. The molecule has 0 aliphatic heterocycles. The molecule has 1 aromatic carbocycles. The summed E-state index contributed by atoms with van der Waals surface area (Å²) in [6.45, 7) is 3.72. The van der Waals surface area contributed by atoms with Gasteiger partial charge in [-0.25, -0.2) is 8.78 Å². The van der Waals surface area contributed by atoms with Gasteiger partial charge in [0.15, 0.2) is 17.3 Å². The van der Waals surface area contributed by atoms with Gasteiger partial charge in [0.25, 0.3) is 6.01 Å². The first-order valence-electron chi connectivity index (χ1n) is 5.73. The van der Waals surface area contributed by atoms with Gasteiger partial charge in [-0.3, -0.25) is 0 Å². The summed E-state index contributed by atoms with van der Waals surface area (Å²) in [7, 11) is 1.27. The predicted molar refractivity (Wildman–Crippen MR) is 66.9 cm³/mol. The van der Waals surface area contributed by atoms with E-state index in [0.29, 0.717) is 5.69 Å². The number of methoxy groups -OCH3 is 1. The Morgan fingerprint density at radius 1 is 1.26 bits per heavy atom. The minimum absolute atomic E-state index is 0.0220. The van der Waals surface area contributed by atoms with E-state index in [-0.39, 0.29) is 29.0 Å². The summed E-state index contributed by atoms with van der Waals surface area (Å²) in [5, 5.41) is 0. The fourth-order valence-electron chi connectivity index (χ4n) is 1.79. The van der Waals surface area contributed by atoms with Crippen molar-refractivity contribution in [2.45, 2.75) is 19.8 Å². The molecule has 0 saturated carbocycles. The molecular formula is C13H14F2N2O2. The second-order valence-corrected chi connectivity index (χ2v) is 4.39. The van der Waals surface area contributed by atoms with Gasteiger partial charge in [-0.15, -0.1) is 0 Å². The molecule has 1 aromatic heterocycles. The van der Waals surface area contributed by atoms with Crippen LogP contribution in [0, 0.1) is 11.6 Å². The molecule has 6 heteroatoms. The van der Waals surface area contributed by atoms with Crippen LogP contribution in [0.2, 0.25) is 0 Å². The van der Waals surface area contributed by atoms with Gasteiger partial charge in [-0.1, -0.05) is 13.8 Å². The second kappa shape index (κ2) is 4.87. The fraction of sp³-hybridized carbons (Fsp3) is 0.308. The van der Waals surface area contributed by atoms with E-state index in [9.17, 15) is 8.78 Å². The van der Waals surface area contributed by atoms with E-state index in [2.05, 4.69) is 4.98 Å². The molecule has 0 saturated heterocycles. The Morgan fingerprint density at radius 3 is 2.53 bits per heavy atom. The monoisotopic (exact) mass is 268 g/mol. The van der Waals surface area contributed by atoms with Crippen molar-refractivity contribution in [3.8, 4) is 17.1 Å². The number of anilines is 1. The van der Waals surface area contributed by atoms with Crippen molar-refractivity contribution in [1.29, 1.82) is 0 Å². The number of benzene rings is 1. The van der Waals surface area contributed by atoms with Gasteiger partial charge in [-0.05, 0) is 12.0 Å². The van der Waals surface area contributed by atoms with E-state index >= 15 is 0 Å². The van der Waals surface area contributed by atoms with Gasteiger partial charge in [0, 0.05) is 6.07 Å². The van der Waals surface area contributed by atoms with E-state index < -0.39 is 11.6 Å². The average Bonchev–Trinajstić information content (AvgIpc) is 2.73. The Balaban J connectivity index is 2.62. The van der Waals surface area contributed by atoms with Gasteiger partial charge in [0.1, 0.15) is 5.82 Å². The Hall–Kier alpha value is -2.11. The lowest BCUT2D eigenvalue weighted by Gasteiger charge is -2.07. The van der Waals surface area contributed by atoms with Crippen molar-refractivity contribution in [3.63, 3.8) is 0 Å². The highest BCUT2D eigenvalue weighted by Crippen LogP contribution is 2.35. The molecule has 2 rings (SSSR count). The van der Waals surface area contributed by atoms with Gasteiger partial charge in [0.05, 0.1) is 18.4 Å². The molecule has 0 amide bonds. The topological polar surface area (TPSA) is 61.3 Å². The van der Waals surface area contributed by atoms with Gasteiger partial charge in [0.2, 0.25) is 0 Å². The zero-order valence-electron chi connectivity index (χ0n) is 10.8. The molecule has 4 nitrogen and oxygen atoms in total. The number of aromatic nitrogens is 1. The molecule has 2 aromatic rings. The third-order valence-corrected chi connectivity index (χ3v) is 2.70. The van der Waals surface area contributed by atoms with Crippen LogP contribution in [-0.2, 0) is 0 Å². The minimum atomic E-state index is -0.677. The number of halogens is 2. The third kappa shape index (κ3) is 2.38. The molecule has 19 heavy (non-hydrogen) atoms. The fourth-order valence-corrected chi connectivity index (χ4v) is 1.79. The van der Waals surface area contributed by atoms with Crippen LogP contribution in [0.15, 0.2) is 16.5 Å². The number of hydrogen-bond acceptors (Lipinski definition) is 4. The van der Waals surface area contributed by atoms with Crippen LogP contribution in [0.25, 0.3) is 11.3 Å². The molecule has 2 N–H and O–H groups in total.